The molecular weight excluding hydrogens is 258 g/mol. The van der Waals surface area contributed by atoms with Crippen molar-refractivity contribution in [1.82, 2.24) is 24.5 Å². The van der Waals surface area contributed by atoms with Crippen molar-refractivity contribution in [2.45, 2.75) is 25.8 Å². The van der Waals surface area contributed by atoms with Gasteiger partial charge in [-0.25, -0.2) is 4.98 Å². The van der Waals surface area contributed by atoms with Crippen LogP contribution in [0.1, 0.15) is 19.8 Å². The molecule has 108 valence electrons. The summed E-state index contributed by atoms with van der Waals surface area (Å²) in [7, 11) is 1.67. The number of methoxy groups -OCH3 is 1. The molecule has 0 aliphatic heterocycles. The molecule has 8 nitrogen and oxygen atoms in total. The molecule has 8 heteroatoms. The number of nitrogen functional groups attached to an aromatic ring is 1. The molecule has 0 amide bonds. The number of nitrogens with zero attached hydrogens (tertiary/aromatic N) is 5. The number of imidazole rings is 1. The summed E-state index contributed by atoms with van der Waals surface area (Å²) in [6, 6.07) is 0.141. The second-order valence-electron chi connectivity index (χ2n) is 4.37. The maximum atomic E-state index is 5.72. The predicted molar refractivity (Wildman–Crippen MR) is 75.6 cm³/mol. The van der Waals surface area contributed by atoms with Crippen molar-refractivity contribution in [3.05, 3.63) is 18.7 Å². The summed E-state index contributed by atoms with van der Waals surface area (Å²) >= 11 is 0. The minimum atomic E-state index is 0.141. The van der Waals surface area contributed by atoms with Gasteiger partial charge in [-0.3, -0.25) is 4.57 Å². The summed E-state index contributed by atoms with van der Waals surface area (Å²) in [5, 5.41) is 3.22. The molecule has 0 saturated carbocycles. The number of hydrogen-bond acceptors (Lipinski definition) is 7. The van der Waals surface area contributed by atoms with E-state index < -0.39 is 0 Å². The Labute approximate surface area is 117 Å². The normalized spacial score (nSPS) is 12.3. The number of anilines is 2. The van der Waals surface area contributed by atoms with Crippen molar-refractivity contribution in [3.63, 3.8) is 0 Å². The van der Waals surface area contributed by atoms with Crippen LogP contribution in [0, 0.1) is 0 Å². The van der Waals surface area contributed by atoms with E-state index >= 15 is 0 Å². The third-order valence-electron chi connectivity index (χ3n) is 2.71. The molecule has 0 aromatic carbocycles. The van der Waals surface area contributed by atoms with Crippen LogP contribution in [-0.4, -0.2) is 44.3 Å². The molecule has 2 heterocycles. The summed E-state index contributed by atoms with van der Waals surface area (Å²) < 4.78 is 6.86. The van der Waals surface area contributed by atoms with Crippen LogP contribution in [0.5, 0.6) is 0 Å². The largest absolute Gasteiger partial charge is 0.383 e. The van der Waals surface area contributed by atoms with Gasteiger partial charge < -0.3 is 15.8 Å². The maximum Gasteiger partial charge on any atom is 0.241 e. The number of hydrogen-bond donors (Lipinski definition) is 2. The van der Waals surface area contributed by atoms with Gasteiger partial charge in [0.05, 0.1) is 12.6 Å². The van der Waals surface area contributed by atoms with Crippen LogP contribution >= 0.6 is 0 Å². The van der Waals surface area contributed by atoms with Crippen LogP contribution < -0.4 is 11.1 Å². The molecule has 1 unspecified atom stereocenters. The minimum Gasteiger partial charge on any atom is -0.383 e. The van der Waals surface area contributed by atoms with E-state index in [0.717, 1.165) is 12.8 Å². The lowest BCUT2D eigenvalue weighted by molar-refractivity contribution is 0.182. The first-order chi connectivity index (χ1) is 9.72. The predicted octanol–water partition coefficient (Wildman–Crippen LogP) is 0.866. The molecule has 0 aliphatic rings. The Morgan fingerprint density at radius 1 is 1.40 bits per heavy atom. The highest BCUT2D eigenvalue weighted by Gasteiger charge is 2.11. The molecule has 20 heavy (non-hydrogen) atoms. The highest BCUT2D eigenvalue weighted by Crippen LogP contribution is 2.10. The lowest BCUT2D eigenvalue weighted by Crippen LogP contribution is -2.26. The summed E-state index contributed by atoms with van der Waals surface area (Å²) in [6.45, 7) is 2.70. The van der Waals surface area contributed by atoms with Crippen molar-refractivity contribution in [2.75, 3.05) is 24.8 Å². The van der Waals surface area contributed by atoms with Crippen LogP contribution in [0.3, 0.4) is 0 Å². The van der Waals surface area contributed by atoms with Crippen LogP contribution in [0.15, 0.2) is 18.7 Å². The number of nitrogens with one attached hydrogen (secondary N) is 1. The lowest BCUT2D eigenvalue weighted by atomic mass is 10.2. The molecule has 0 spiro atoms. The first-order valence-electron chi connectivity index (χ1n) is 6.48. The third kappa shape index (κ3) is 3.64. The first kappa shape index (κ1) is 14.2. The zero-order chi connectivity index (χ0) is 14.4. The zero-order valence-corrected chi connectivity index (χ0v) is 11.7. The summed E-state index contributed by atoms with van der Waals surface area (Å²) in [4.78, 5) is 16.5. The van der Waals surface area contributed by atoms with Gasteiger partial charge >= 0.3 is 0 Å². The summed E-state index contributed by atoms with van der Waals surface area (Å²) in [6.07, 6.45) is 7.00. The molecule has 2 aromatic rings. The number of rotatable bonds is 7. The Balaban J connectivity index is 2.19. The van der Waals surface area contributed by atoms with Crippen LogP contribution in [-0.2, 0) is 4.74 Å². The van der Waals surface area contributed by atoms with E-state index in [0.29, 0.717) is 18.5 Å². The Morgan fingerprint density at radius 2 is 2.25 bits per heavy atom. The lowest BCUT2D eigenvalue weighted by Gasteiger charge is -2.17. The van der Waals surface area contributed by atoms with Crippen molar-refractivity contribution in [1.29, 1.82) is 0 Å². The van der Waals surface area contributed by atoms with E-state index in [1.54, 1.807) is 30.4 Å². The average Bonchev–Trinajstić information content (AvgIpc) is 2.92. The fourth-order valence-electron chi connectivity index (χ4n) is 1.87. The van der Waals surface area contributed by atoms with Crippen molar-refractivity contribution < 1.29 is 4.74 Å². The number of nitrogens with two attached hydrogens (primary N) is 1. The van der Waals surface area contributed by atoms with E-state index in [4.69, 9.17) is 10.5 Å². The first-order valence-corrected chi connectivity index (χ1v) is 6.48. The van der Waals surface area contributed by atoms with Gasteiger partial charge in [-0.15, -0.1) is 0 Å². The second-order valence-corrected chi connectivity index (χ2v) is 4.37. The molecule has 0 bridgehead atoms. The monoisotopic (exact) mass is 277 g/mol. The van der Waals surface area contributed by atoms with Gasteiger partial charge in [0.25, 0.3) is 0 Å². The van der Waals surface area contributed by atoms with Gasteiger partial charge in [-0.05, 0) is 6.42 Å². The Morgan fingerprint density at radius 3 is 2.90 bits per heavy atom. The van der Waals surface area contributed by atoms with E-state index in [1.165, 1.54) is 0 Å². The van der Waals surface area contributed by atoms with Crippen molar-refractivity contribution in [3.8, 4) is 5.95 Å². The van der Waals surface area contributed by atoms with Crippen molar-refractivity contribution >= 4 is 11.9 Å². The van der Waals surface area contributed by atoms with Gasteiger partial charge in [0.1, 0.15) is 6.33 Å². The number of aromatic nitrogens is 5. The molecular formula is C12H19N7O. The molecule has 0 saturated heterocycles. The molecule has 2 aromatic heterocycles. The highest BCUT2D eigenvalue weighted by molar-refractivity contribution is 5.35. The fourth-order valence-corrected chi connectivity index (χ4v) is 1.87. The van der Waals surface area contributed by atoms with E-state index in [1.807, 2.05) is 0 Å². The van der Waals surface area contributed by atoms with Crippen LogP contribution in [0.2, 0.25) is 0 Å². The van der Waals surface area contributed by atoms with Gasteiger partial charge in [0.2, 0.25) is 17.8 Å². The topological polar surface area (TPSA) is 104 Å². The van der Waals surface area contributed by atoms with Gasteiger partial charge in [-0.1, -0.05) is 13.3 Å². The van der Waals surface area contributed by atoms with Crippen LogP contribution in [0.25, 0.3) is 5.95 Å². The van der Waals surface area contributed by atoms with Gasteiger partial charge in [0.15, 0.2) is 0 Å². The minimum absolute atomic E-state index is 0.141. The molecule has 3 N–H and O–H groups in total. The van der Waals surface area contributed by atoms with E-state index in [-0.39, 0.29) is 12.0 Å². The Hall–Kier alpha value is -2.22. The molecule has 0 aliphatic carbocycles. The Bertz CT molecular complexity index is 523. The molecule has 1 atom stereocenters. The molecule has 0 fully saturated rings. The van der Waals surface area contributed by atoms with E-state index in [2.05, 4.69) is 32.2 Å². The fraction of sp³-hybridized carbons (Fsp3) is 0.500. The van der Waals surface area contributed by atoms with Gasteiger partial charge in [0, 0.05) is 19.5 Å². The third-order valence-corrected chi connectivity index (χ3v) is 2.71. The van der Waals surface area contributed by atoms with E-state index in [9.17, 15) is 0 Å². The summed E-state index contributed by atoms with van der Waals surface area (Å²) in [5.74, 6) is 1.04. The SMILES string of the molecule is CCCC(COC)Nc1nc(N)nc(-n2ccnc2)n1. The average molecular weight is 277 g/mol. The number of ether oxygens (including phenoxy) is 1. The Kier molecular flexibility index (Phi) is 4.83. The molecule has 0 radical (unpaired) electrons. The van der Waals surface area contributed by atoms with Gasteiger partial charge in [-0.2, -0.15) is 15.0 Å². The second kappa shape index (κ2) is 6.80. The zero-order valence-electron chi connectivity index (χ0n) is 11.7. The smallest absolute Gasteiger partial charge is 0.241 e. The molecule has 2 rings (SSSR count). The van der Waals surface area contributed by atoms with Crippen molar-refractivity contribution in [2.24, 2.45) is 0 Å². The van der Waals surface area contributed by atoms with Crippen LogP contribution in [0.4, 0.5) is 11.9 Å². The highest BCUT2D eigenvalue weighted by atomic mass is 16.5. The summed E-state index contributed by atoms with van der Waals surface area (Å²) in [5.41, 5.74) is 5.72. The standard InChI is InChI=1S/C12H19N7O/c1-3-4-9(7-20-2)15-11-16-10(13)17-12(18-11)19-6-5-14-8-19/h5-6,8-9H,3-4,7H2,1-2H3,(H3,13,15,16,17,18). The quantitative estimate of drug-likeness (QED) is 0.773. The maximum absolute atomic E-state index is 5.72.